The van der Waals surface area contributed by atoms with E-state index in [0.29, 0.717) is 16.9 Å². The van der Waals surface area contributed by atoms with E-state index in [1.807, 2.05) is 0 Å². The Balaban J connectivity index is 1.42. The van der Waals surface area contributed by atoms with Crippen LogP contribution in [0.3, 0.4) is 0 Å². The second-order valence-electron chi connectivity index (χ2n) is 15.5. The standard InChI is InChI=1S/C32H60OSi/c1-10-24(22(2)3)12-11-23(4)28-15-16-29-27-14-13-25-21-26(33-34(7,8)9)17-19-31(25,5)30(27)18-20-32(28,29)6/h22-30H,10-21H2,1-9H3/t23-,24+,25+,26+,27+,28-,29+,30+,31+,32-/m1/s1. The molecule has 2 heteroatoms. The van der Waals surface area contributed by atoms with Crippen molar-refractivity contribution in [1.29, 1.82) is 0 Å². The van der Waals surface area contributed by atoms with Crippen LogP contribution in [-0.2, 0) is 4.43 Å². The molecule has 4 rings (SSSR count). The fraction of sp³-hybridized carbons (Fsp3) is 1.00. The van der Waals surface area contributed by atoms with Crippen LogP contribution in [-0.4, -0.2) is 14.4 Å². The highest BCUT2D eigenvalue weighted by molar-refractivity contribution is 6.69. The molecule has 0 bridgehead atoms. The van der Waals surface area contributed by atoms with Crippen molar-refractivity contribution in [2.45, 2.75) is 144 Å². The zero-order valence-electron chi connectivity index (χ0n) is 24.6. The van der Waals surface area contributed by atoms with E-state index < -0.39 is 8.32 Å². The fourth-order valence-corrected chi connectivity index (χ4v) is 11.7. The largest absolute Gasteiger partial charge is 0.415 e. The zero-order chi connectivity index (χ0) is 24.9. The van der Waals surface area contributed by atoms with Gasteiger partial charge in [0.2, 0.25) is 0 Å². The highest BCUT2D eigenvalue weighted by Crippen LogP contribution is 2.68. The average molecular weight is 489 g/mol. The molecule has 0 N–H and O–H groups in total. The third-order valence-electron chi connectivity index (χ3n) is 12.4. The summed E-state index contributed by atoms with van der Waals surface area (Å²) >= 11 is 0. The van der Waals surface area contributed by atoms with Gasteiger partial charge in [0.15, 0.2) is 8.32 Å². The van der Waals surface area contributed by atoms with Crippen LogP contribution in [0.2, 0.25) is 19.6 Å². The minimum absolute atomic E-state index is 0.560. The topological polar surface area (TPSA) is 9.23 Å². The maximum atomic E-state index is 6.64. The van der Waals surface area contributed by atoms with Crippen molar-refractivity contribution in [2.24, 2.45) is 58.2 Å². The summed E-state index contributed by atoms with van der Waals surface area (Å²) in [7, 11) is -1.43. The molecule has 0 heterocycles. The quantitative estimate of drug-likeness (QED) is 0.309. The maximum absolute atomic E-state index is 6.64. The highest BCUT2D eigenvalue weighted by Gasteiger charge is 2.60. The summed E-state index contributed by atoms with van der Waals surface area (Å²) < 4.78 is 6.64. The molecule has 0 aromatic rings. The van der Waals surface area contributed by atoms with Gasteiger partial charge in [-0.3, -0.25) is 0 Å². The first-order valence-corrected chi connectivity index (χ1v) is 19.0. The molecule has 4 aliphatic carbocycles. The Labute approximate surface area is 215 Å². The molecule has 4 saturated carbocycles. The summed E-state index contributed by atoms with van der Waals surface area (Å²) in [6, 6.07) is 0. The first kappa shape index (κ1) is 27.2. The van der Waals surface area contributed by atoms with Crippen molar-refractivity contribution in [3.05, 3.63) is 0 Å². The van der Waals surface area contributed by atoms with Gasteiger partial charge in [-0.1, -0.05) is 54.4 Å². The molecule has 4 fully saturated rings. The van der Waals surface area contributed by atoms with Crippen LogP contribution in [0.25, 0.3) is 0 Å². The van der Waals surface area contributed by atoms with Crippen molar-refractivity contribution in [3.8, 4) is 0 Å². The summed E-state index contributed by atoms with van der Waals surface area (Å²) in [4.78, 5) is 0. The van der Waals surface area contributed by atoms with Crippen molar-refractivity contribution >= 4 is 8.32 Å². The molecule has 0 unspecified atom stereocenters. The Morgan fingerprint density at radius 1 is 0.824 bits per heavy atom. The molecule has 4 aliphatic rings. The van der Waals surface area contributed by atoms with Gasteiger partial charge in [0.1, 0.15) is 0 Å². The molecular weight excluding hydrogens is 428 g/mol. The fourth-order valence-electron chi connectivity index (χ4n) is 10.5. The van der Waals surface area contributed by atoms with E-state index in [1.165, 1.54) is 77.0 Å². The van der Waals surface area contributed by atoms with Gasteiger partial charge < -0.3 is 4.43 Å². The average Bonchev–Trinajstić information content (AvgIpc) is 3.10. The molecule has 0 spiro atoms. The van der Waals surface area contributed by atoms with Crippen molar-refractivity contribution in [3.63, 3.8) is 0 Å². The smallest absolute Gasteiger partial charge is 0.184 e. The maximum Gasteiger partial charge on any atom is 0.184 e. The highest BCUT2D eigenvalue weighted by atomic mass is 28.4. The van der Waals surface area contributed by atoms with Gasteiger partial charge in [0.05, 0.1) is 0 Å². The molecule has 0 saturated heterocycles. The van der Waals surface area contributed by atoms with Gasteiger partial charge >= 0.3 is 0 Å². The van der Waals surface area contributed by atoms with Crippen molar-refractivity contribution < 1.29 is 4.43 Å². The van der Waals surface area contributed by atoms with Crippen LogP contribution in [0.1, 0.15) is 119 Å². The Morgan fingerprint density at radius 2 is 1.50 bits per heavy atom. The number of hydrogen-bond acceptors (Lipinski definition) is 1. The minimum Gasteiger partial charge on any atom is -0.415 e. The lowest BCUT2D eigenvalue weighted by molar-refractivity contribution is -0.127. The monoisotopic (exact) mass is 488 g/mol. The van der Waals surface area contributed by atoms with E-state index in [9.17, 15) is 0 Å². The summed E-state index contributed by atoms with van der Waals surface area (Å²) in [6.45, 7) is 22.5. The molecular formula is C32H60OSi. The Kier molecular flexibility index (Phi) is 8.12. The Morgan fingerprint density at radius 3 is 2.15 bits per heavy atom. The lowest BCUT2D eigenvalue weighted by Gasteiger charge is -2.61. The van der Waals surface area contributed by atoms with Crippen LogP contribution in [0.5, 0.6) is 0 Å². The SMILES string of the molecule is CC[C@@H](CC[C@@H](C)[C@H]1CC[C@H]2[C@@H]3CC[C@H]4C[C@@H](O[Si](C)(C)C)CC[C@]4(C)[C@H]3CC[C@]12C)C(C)C. The molecule has 0 aromatic carbocycles. The van der Waals surface area contributed by atoms with E-state index in [-0.39, 0.29) is 0 Å². The van der Waals surface area contributed by atoms with Crippen molar-refractivity contribution in [1.82, 2.24) is 0 Å². The molecule has 1 nitrogen and oxygen atoms in total. The van der Waals surface area contributed by atoms with Gasteiger partial charge in [-0.25, -0.2) is 0 Å². The number of fused-ring (bicyclic) bond motifs is 5. The van der Waals surface area contributed by atoms with Gasteiger partial charge in [-0.2, -0.15) is 0 Å². The third kappa shape index (κ3) is 5.12. The lowest BCUT2D eigenvalue weighted by Crippen LogP contribution is -2.54. The molecule has 34 heavy (non-hydrogen) atoms. The normalized spacial score (nSPS) is 44.3. The van der Waals surface area contributed by atoms with Crippen molar-refractivity contribution in [2.75, 3.05) is 0 Å². The molecule has 0 amide bonds. The lowest BCUT2D eigenvalue weighted by atomic mass is 9.44. The summed E-state index contributed by atoms with van der Waals surface area (Å²) in [6.07, 6.45) is 18.1. The predicted molar refractivity (Wildman–Crippen MR) is 150 cm³/mol. The molecule has 0 aromatic heterocycles. The number of rotatable bonds is 8. The van der Waals surface area contributed by atoms with E-state index >= 15 is 0 Å². The summed E-state index contributed by atoms with van der Waals surface area (Å²) in [5.74, 6) is 7.63. The van der Waals surface area contributed by atoms with E-state index in [2.05, 4.69) is 61.2 Å². The number of hydrogen-bond donors (Lipinski definition) is 0. The summed E-state index contributed by atoms with van der Waals surface area (Å²) in [5.41, 5.74) is 1.22. The van der Waals surface area contributed by atoms with Gasteiger partial charge in [0.25, 0.3) is 0 Å². The zero-order valence-corrected chi connectivity index (χ0v) is 25.6. The first-order chi connectivity index (χ1) is 15.9. The van der Waals surface area contributed by atoms with Crippen LogP contribution < -0.4 is 0 Å². The van der Waals surface area contributed by atoms with E-state index in [4.69, 9.17) is 4.43 Å². The van der Waals surface area contributed by atoms with Crippen LogP contribution in [0.4, 0.5) is 0 Å². The minimum atomic E-state index is -1.43. The first-order valence-electron chi connectivity index (χ1n) is 15.6. The molecule has 0 aliphatic heterocycles. The van der Waals surface area contributed by atoms with E-state index in [0.717, 1.165) is 47.3 Å². The summed E-state index contributed by atoms with van der Waals surface area (Å²) in [5, 5.41) is 0. The Bertz CT molecular complexity index is 681. The second kappa shape index (κ2) is 10.1. The second-order valence-corrected chi connectivity index (χ2v) is 19.9. The molecule has 10 atom stereocenters. The third-order valence-corrected chi connectivity index (χ3v) is 13.4. The molecule has 0 radical (unpaired) electrons. The van der Waals surface area contributed by atoms with Crippen LogP contribution >= 0.6 is 0 Å². The van der Waals surface area contributed by atoms with Gasteiger partial charge in [0, 0.05) is 6.10 Å². The van der Waals surface area contributed by atoms with Gasteiger partial charge in [-0.05, 0) is 142 Å². The van der Waals surface area contributed by atoms with Crippen LogP contribution in [0.15, 0.2) is 0 Å². The van der Waals surface area contributed by atoms with Gasteiger partial charge in [-0.15, -0.1) is 0 Å². The Hall–Kier alpha value is 0.177. The van der Waals surface area contributed by atoms with E-state index in [1.54, 1.807) is 0 Å². The molecule has 198 valence electrons. The predicted octanol–water partition coefficient (Wildman–Crippen LogP) is 9.96. The van der Waals surface area contributed by atoms with Crippen LogP contribution in [0, 0.1) is 58.2 Å².